The number of nitrogens with one attached hydrogen (secondary N) is 1. The molecule has 27 heavy (non-hydrogen) atoms. The Morgan fingerprint density at radius 3 is 2.52 bits per heavy atom. The molecule has 1 aromatic rings. The lowest BCUT2D eigenvalue weighted by atomic mass is 10.1. The lowest BCUT2D eigenvalue weighted by molar-refractivity contribution is -0.124. The molecule has 0 unspecified atom stereocenters. The van der Waals surface area contributed by atoms with E-state index in [-0.39, 0.29) is 35.1 Å². The Hall–Kier alpha value is -2.74. The fraction of sp³-hybridized carbons (Fsp3) is 0.474. The van der Waals surface area contributed by atoms with E-state index in [1.165, 1.54) is 18.2 Å². The third-order valence-electron chi connectivity index (χ3n) is 3.98. The second-order valence-electron chi connectivity index (χ2n) is 6.64. The number of hydrogen-bond donors (Lipinski definition) is 1. The van der Waals surface area contributed by atoms with Crippen molar-refractivity contribution in [3.8, 4) is 0 Å². The molecular weight excluding hydrogens is 352 g/mol. The number of imide groups is 1. The molecule has 0 saturated carbocycles. The van der Waals surface area contributed by atoms with Gasteiger partial charge >= 0.3 is 5.97 Å². The number of amides is 3. The Kier molecular flexibility index (Phi) is 7.06. The van der Waals surface area contributed by atoms with Gasteiger partial charge in [-0.25, -0.2) is 4.79 Å². The molecule has 0 aliphatic carbocycles. The summed E-state index contributed by atoms with van der Waals surface area (Å²) in [4.78, 5) is 49.7. The third-order valence-corrected chi connectivity index (χ3v) is 3.98. The summed E-state index contributed by atoms with van der Waals surface area (Å²) in [5.74, 6) is -1.67. The van der Waals surface area contributed by atoms with Crippen LogP contribution in [-0.4, -0.2) is 62.0 Å². The molecule has 0 bridgehead atoms. The first-order valence-electron chi connectivity index (χ1n) is 8.78. The number of rotatable bonds is 9. The molecule has 0 radical (unpaired) electrons. The van der Waals surface area contributed by atoms with Crippen LogP contribution in [0.4, 0.5) is 0 Å². The van der Waals surface area contributed by atoms with Crippen LogP contribution in [0.5, 0.6) is 0 Å². The predicted molar refractivity (Wildman–Crippen MR) is 96.4 cm³/mol. The molecule has 0 atom stereocenters. The second kappa shape index (κ2) is 9.27. The average Bonchev–Trinajstić information content (AvgIpc) is 2.88. The third kappa shape index (κ3) is 5.13. The fourth-order valence-electron chi connectivity index (χ4n) is 2.57. The maximum absolute atomic E-state index is 12.4. The summed E-state index contributed by atoms with van der Waals surface area (Å²) in [5, 5.41) is 2.64. The lowest BCUT2D eigenvalue weighted by Gasteiger charge is -2.12. The Labute approximate surface area is 157 Å². The van der Waals surface area contributed by atoms with Crippen LogP contribution >= 0.6 is 0 Å². The number of methoxy groups -OCH3 is 1. The second-order valence-corrected chi connectivity index (χ2v) is 6.64. The van der Waals surface area contributed by atoms with Gasteiger partial charge in [-0.2, -0.15) is 0 Å². The zero-order chi connectivity index (χ0) is 20.0. The number of nitrogens with zero attached hydrogens (tertiary/aromatic N) is 1. The van der Waals surface area contributed by atoms with Gasteiger partial charge in [0.1, 0.15) is 0 Å². The topological polar surface area (TPSA) is 102 Å². The Morgan fingerprint density at radius 1 is 1.15 bits per heavy atom. The Morgan fingerprint density at radius 2 is 1.85 bits per heavy atom. The van der Waals surface area contributed by atoms with E-state index in [9.17, 15) is 19.2 Å². The van der Waals surface area contributed by atoms with Gasteiger partial charge in [0.2, 0.25) is 0 Å². The van der Waals surface area contributed by atoms with Gasteiger partial charge in [0.25, 0.3) is 17.7 Å². The largest absolute Gasteiger partial charge is 0.452 e. The van der Waals surface area contributed by atoms with Gasteiger partial charge in [0, 0.05) is 26.8 Å². The highest BCUT2D eigenvalue weighted by Gasteiger charge is 2.35. The first-order chi connectivity index (χ1) is 12.8. The van der Waals surface area contributed by atoms with Crippen molar-refractivity contribution >= 4 is 23.7 Å². The van der Waals surface area contributed by atoms with Crippen LogP contribution in [0.25, 0.3) is 0 Å². The molecule has 8 heteroatoms. The molecular formula is C19H24N2O6. The summed E-state index contributed by atoms with van der Waals surface area (Å²) in [6, 6.07) is 4.18. The van der Waals surface area contributed by atoms with Crippen LogP contribution in [0.3, 0.4) is 0 Å². The number of benzene rings is 1. The highest BCUT2D eigenvalue weighted by atomic mass is 16.5. The SMILES string of the molecule is COCCCN1C(=O)c2ccc(C(=O)OCC(=O)NCC(C)C)cc2C1=O. The molecule has 2 rings (SSSR count). The highest BCUT2D eigenvalue weighted by molar-refractivity contribution is 6.21. The summed E-state index contributed by atoms with van der Waals surface area (Å²) >= 11 is 0. The van der Waals surface area contributed by atoms with E-state index in [0.29, 0.717) is 19.6 Å². The first-order valence-corrected chi connectivity index (χ1v) is 8.78. The summed E-state index contributed by atoms with van der Waals surface area (Å²) < 4.78 is 9.91. The number of esters is 1. The van der Waals surface area contributed by atoms with E-state index in [0.717, 1.165) is 4.90 Å². The molecule has 0 fully saturated rings. The summed E-state index contributed by atoms with van der Waals surface area (Å²) in [7, 11) is 1.55. The predicted octanol–water partition coefficient (Wildman–Crippen LogP) is 1.25. The molecule has 3 amide bonds. The van der Waals surface area contributed by atoms with Crippen molar-refractivity contribution in [2.75, 3.05) is 33.4 Å². The van der Waals surface area contributed by atoms with E-state index in [2.05, 4.69) is 5.32 Å². The van der Waals surface area contributed by atoms with Gasteiger partial charge in [-0.05, 0) is 30.5 Å². The molecule has 1 aromatic carbocycles. The molecule has 0 spiro atoms. The highest BCUT2D eigenvalue weighted by Crippen LogP contribution is 2.24. The number of carbonyl (C=O) groups excluding carboxylic acids is 4. The molecule has 1 aliphatic rings. The van der Waals surface area contributed by atoms with E-state index >= 15 is 0 Å². The van der Waals surface area contributed by atoms with Gasteiger partial charge in [-0.3, -0.25) is 19.3 Å². The average molecular weight is 376 g/mol. The van der Waals surface area contributed by atoms with Gasteiger partial charge in [-0.15, -0.1) is 0 Å². The zero-order valence-electron chi connectivity index (χ0n) is 15.7. The van der Waals surface area contributed by atoms with Crippen molar-refractivity contribution in [3.05, 3.63) is 34.9 Å². The molecule has 1 heterocycles. The minimum Gasteiger partial charge on any atom is -0.452 e. The van der Waals surface area contributed by atoms with Gasteiger partial charge < -0.3 is 14.8 Å². The molecule has 1 N–H and O–H groups in total. The Balaban J connectivity index is 2.00. The van der Waals surface area contributed by atoms with E-state index in [1.807, 2.05) is 13.8 Å². The summed E-state index contributed by atoms with van der Waals surface area (Å²) in [6.45, 7) is 4.67. The summed E-state index contributed by atoms with van der Waals surface area (Å²) in [5.41, 5.74) is 0.532. The van der Waals surface area contributed by atoms with Gasteiger partial charge in [0.15, 0.2) is 6.61 Å². The van der Waals surface area contributed by atoms with Crippen molar-refractivity contribution in [1.29, 1.82) is 0 Å². The number of hydrogen-bond acceptors (Lipinski definition) is 6. The van der Waals surface area contributed by atoms with E-state index < -0.39 is 24.4 Å². The normalized spacial score (nSPS) is 13.1. The smallest absolute Gasteiger partial charge is 0.338 e. The quantitative estimate of drug-likeness (QED) is 0.395. The maximum atomic E-state index is 12.4. The van der Waals surface area contributed by atoms with Crippen molar-refractivity contribution in [2.45, 2.75) is 20.3 Å². The lowest BCUT2D eigenvalue weighted by Crippen LogP contribution is -2.31. The van der Waals surface area contributed by atoms with Crippen LogP contribution in [0.1, 0.15) is 51.3 Å². The zero-order valence-corrected chi connectivity index (χ0v) is 15.7. The van der Waals surface area contributed by atoms with Crippen molar-refractivity contribution in [3.63, 3.8) is 0 Å². The van der Waals surface area contributed by atoms with Crippen molar-refractivity contribution < 1.29 is 28.7 Å². The minimum absolute atomic E-state index is 0.116. The van der Waals surface area contributed by atoms with Crippen LogP contribution in [0, 0.1) is 5.92 Å². The molecule has 8 nitrogen and oxygen atoms in total. The molecule has 0 saturated heterocycles. The van der Waals surface area contributed by atoms with Crippen LogP contribution in [0.2, 0.25) is 0 Å². The molecule has 0 aromatic heterocycles. The molecule has 1 aliphatic heterocycles. The summed E-state index contributed by atoms with van der Waals surface area (Å²) in [6.07, 6.45) is 0.530. The number of fused-ring (bicyclic) bond motifs is 1. The monoisotopic (exact) mass is 376 g/mol. The first kappa shape index (κ1) is 20.6. The van der Waals surface area contributed by atoms with Crippen LogP contribution in [0.15, 0.2) is 18.2 Å². The fourth-order valence-corrected chi connectivity index (χ4v) is 2.57. The number of carbonyl (C=O) groups is 4. The maximum Gasteiger partial charge on any atom is 0.338 e. The number of ether oxygens (including phenoxy) is 2. The van der Waals surface area contributed by atoms with Crippen LogP contribution in [-0.2, 0) is 14.3 Å². The Bertz CT molecular complexity index is 744. The van der Waals surface area contributed by atoms with Gasteiger partial charge in [-0.1, -0.05) is 13.8 Å². The van der Waals surface area contributed by atoms with Crippen molar-refractivity contribution in [1.82, 2.24) is 10.2 Å². The van der Waals surface area contributed by atoms with Crippen LogP contribution < -0.4 is 5.32 Å². The van der Waals surface area contributed by atoms with Crippen molar-refractivity contribution in [2.24, 2.45) is 5.92 Å². The van der Waals surface area contributed by atoms with E-state index in [4.69, 9.17) is 9.47 Å². The molecule has 146 valence electrons. The minimum atomic E-state index is -0.726. The van der Waals surface area contributed by atoms with Gasteiger partial charge in [0.05, 0.1) is 16.7 Å². The van der Waals surface area contributed by atoms with E-state index in [1.54, 1.807) is 7.11 Å². The standard InChI is InChI=1S/C19H24N2O6/c1-12(2)10-20-16(22)11-27-19(25)13-5-6-14-15(9-13)18(24)21(17(14)23)7-4-8-26-3/h5-6,9,12H,4,7-8,10-11H2,1-3H3,(H,20,22).